The quantitative estimate of drug-likeness (QED) is 0.873. The van der Waals surface area contributed by atoms with E-state index in [1.807, 2.05) is 24.3 Å². The van der Waals surface area contributed by atoms with E-state index in [0.717, 1.165) is 30.7 Å². The minimum absolute atomic E-state index is 0.363. The van der Waals surface area contributed by atoms with Gasteiger partial charge in [0.25, 0.3) is 0 Å². The van der Waals surface area contributed by atoms with Gasteiger partial charge < -0.3 is 10.1 Å². The lowest BCUT2D eigenvalue weighted by molar-refractivity contribution is 0.0536. The van der Waals surface area contributed by atoms with Crippen LogP contribution in [0.1, 0.15) is 13.3 Å². The predicted molar refractivity (Wildman–Crippen MR) is 69.3 cm³/mol. The summed E-state index contributed by atoms with van der Waals surface area (Å²) in [6.45, 7) is 3.76. The molecule has 0 amide bonds. The molecule has 94 valence electrons. The molecule has 1 fully saturated rings. The third-order valence-corrected chi connectivity index (χ3v) is 3.32. The van der Waals surface area contributed by atoms with E-state index in [1.54, 1.807) is 0 Å². The molecule has 5 nitrogen and oxygen atoms in total. The van der Waals surface area contributed by atoms with Gasteiger partial charge in [-0.05, 0) is 24.5 Å². The number of ether oxygens (including phenoxy) is 1. The molecule has 0 bridgehead atoms. The summed E-state index contributed by atoms with van der Waals surface area (Å²) in [5, 5.41) is 11.6. The van der Waals surface area contributed by atoms with Crippen LogP contribution in [0.4, 0.5) is 5.95 Å². The number of rotatable bonds is 2. The van der Waals surface area contributed by atoms with Gasteiger partial charge in [0.15, 0.2) is 0 Å². The Bertz CT molecular complexity index is 545. The molecule has 3 rings (SSSR count). The van der Waals surface area contributed by atoms with Crippen molar-refractivity contribution in [3.63, 3.8) is 0 Å². The summed E-state index contributed by atoms with van der Waals surface area (Å²) in [6, 6.07) is 8.12. The van der Waals surface area contributed by atoms with Crippen molar-refractivity contribution < 1.29 is 4.74 Å². The molecule has 2 heterocycles. The summed E-state index contributed by atoms with van der Waals surface area (Å²) in [5.41, 5.74) is 1.69. The monoisotopic (exact) mass is 244 g/mol. The Labute approximate surface area is 106 Å². The van der Waals surface area contributed by atoms with E-state index in [1.165, 1.54) is 0 Å². The van der Waals surface area contributed by atoms with Crippen LogP contribution in [-0.2, 0) is 4.74 Å². The molecule has 2 aromatic rings. The second-order valence-corrected chi connectivity index (χ2v) is 4.72. The van der Waals surface area contributed by atoms with Crippen molar-refractivity contribution in [1.29, 1.82) is 0 Å². The molecule has 1 N–H and O–H groups in total. The Morgan fingerprint density at radius 1 is 1.22 bits per heavy atom. The summed E-state index contributed by atoms with van der Waals surface area (Å²) in [7, 11) is 0. The van der Waals surface area contributed by atoms with Gasteiger partial charge in [-0.25, -0.2) is 4.98 Å². The highest BCUT2D eigenvalue weighted by molar-refractivity contribution is 5.74. The molecule has 2 unspecified atom stereocenters. The number of hydrogen-bond acceptors (Lipinski definition) is 5. The third kappa shape index (κ3) is 2.26. The predicted octanol–water partition coefficient (Wildman–Crippen LogP) is 1.86. The maximum absolute atomic E-state index is 5.42. The van der Waals surface area contributed by atoms with Crippen LogP contribution in [0.15, 0.2) is 24.3 Å². The van der Waals surface area contributed by atoms with Crippen molar-refractivity contribution >= 4 is 17.0 Å². The van der Waals surface area contributed by atoms with Gasteiger partial charge in [-0.1, -0.05) is 19.1 Å². The highest BCUT2D eigenvalue weighted by atomic mass is 16.5. The van der Waals surface area contributed by atoms with Crippen LogP contribution in [0.25, 0.3) is 11.0 Å². The molecular weight excluding hydrogens is 228 g/mol. The highest BCUT2D eigenvalue weighted by Gasteiger charge is 2.22. The van der Waals surface area contributed by atoms with Gasteiger partial charge in [-0.2, -0.15) is 0 Å². The maximum Gasteiger partial charge on any atom is 0.243 e. The zero-order chi connectivity index (χ0) is 12.4. The van der Waals surface area contributed by atoms with Crippen LogP contribution in [0.3, 0.4) is 0 Å². The van der Waals surface area contributed by atoms with Crippen molar-refractivity contribution in [2.24, 2.45) is 5.92 Å². The normalized spacial score (nSPS) is 24.1. The first-order chi connectivity index (χ1) is 8.83. The Morgan fingerprint density at radius 2 is 2.06 bits per heavy atom. The molecule has 1 aromatic carbocycles. The summed E-state index contributed by atoms with van der Waals surface area (Å²) in [6.07, 6.45) is 0.983. The van der Waals surface area contributed by atoms with Crippen molar-refractivity contribution in [3.05, 3.63) is 24.3 Å². The maximum atomic E-state index is 5.42. The zero-order valence-corrected chi connectivity index (χ0v) is 10.3. The number of anilines is 1. The molecule has 18 heavy (non-hydrogen) atoms. The molecule has 0 spiro atoms. The zero-order valence-electron chi connectivity index (χ0n) is 10.3. The lowest BCUT2D eigenvalue weighted by Gasteiger charge is -2.29. The van der Waals surface area contributed by atoms with E-state index >= 15 is 0 Å². The molecule has 0 saturated carbocycles. The summed E-state index contributed by atoms with van der Waals surface area (Å²) in [5.74, 6) is 1.07. The number of nitrogens with zero attached hydrogens (tertiary/aromatic N) is 3. The SMILES string of the molecule is CC1COCCC1Nc1nnc2ccccc2n1. The van der Waals surface area contributed by atoms with E-state index in [2.05, 4.69) is 27.4 Å². The van der Waals surface area contributed by atoms with E-state index in [9.17, 15) is 0 Å². The first kappa shape index (κ1) is 11.3. The standard InChI is InChI=1S/C13H16N4O/c1-9-8-18-7-6-10(9)14-13-15-11-4-2-3-5-12(11)16-17-13/h2-5,9-10H,6-8H2,1H3,(H,14,15,17). The van der Waals surface area contributed by atoms with Crippen LogP contribution < -0.4 is 5.32 Å². The highest BCUT2D eigenvalue weighted by Crippen LogP contribution is 2.18. The number of fused-ring (bicyclic) bond motifs is 1. The van der Waals surface area contributed by atoms with Crippen LogP contribution in [0, 0.1) is 5.92 Å². The Kier molecular flexibility index (Phi) is 3.06. The largest absolute Gasteiger partial charge is 0.381 e. The summed E-state index contributed by atoms with van der Waals surface area (Å²) >= 11 is 0. The molecule has 1 aromatic heterocycles. The Hall–Kier alpha value is -1.75. The van der Waals surface area contributed by atoms with Crippen LogP contribution in [-0.4, -0.2) is 34.4 Å². The summed E-state index contributed by atoms with van der Waals surface area (Å²) < 4.78 is 5.42. The molecule has 1 aliphatic heterocycles. The van der Waals surface area contributed by atoms with Crippen molar-refractivity contribution in [2.75, 3.05) is 18.5 Å². The number of hydrogen-bond donors (Lipinski definition) is 1. The Morgan fingerprint density at radius 3 is 2.89 bits per heavy atom. The first-order valence-corrected chi connectivity index (χ1v) is 6.26. The van der Waals surface area contributed by atoms with Crippen LogP contribution in [0.5, 0.6) is 0 Å². The van der Waals surface area contributed by atoms with E-state index < -0.39 is 0 Å². The number of benzene rings is 1. The average molecular weight is 244 g/mol. The van der Waals surface area contributed by atoms with Gasteiger partial charge in [0.05, 0.1) is 12.1 Å². The minimum atomic E-state index is 0.363. The molecule has 0 aliphatic carbocycles. The van der Waals surface area contributed by atoms with Crippen molar-refractivity contribution in [2.45, 2.75) is 19.4 Å². The van der Waals surface area contributed by atoms with Gasteiger partial charge in [0.1, 0.15) is 5.52 Å². The van der Waals surface area contributed by atoms with Crippen molar-refractivity contribution in [3.8, 4) is 0 Å². The fourth-order valence-electron chi connectivity index (χ4n) is 2.20. The molecule has 5 heteroatoms. The number of aromatic nitrogens is 3. The van der Waals surface area contributed by atoms with Gasteiger partial charge in [-0.15, -0.1) is 10.2 Å². The number of para-hydroxylation sites is 1. The third-order valence-electron chi connectivity index (χ3n) is 3.32. The van der Waals surface area contributed by atoms with E-state index in [4.69, 9.17) is 4.74 Å². The Balaban J connectivity index is 1.81. The lowest BCUT2D eigenvalue weighted by atomic mass is 9.98. The fraction of sp³-hybridized carbons (Fsp3) is 0.462. The minimum Gasteiger partial charge on any atom is -0.381 e. The second kappa shape index (κ2) is 4.86. The summed E-state index contributed by atoms with van der Waals surface area (Å²) in [4.78, 5) is 4.48. The molecule has 2 atom stereocenters. The fourth-order valence-corrected chi connectivity index (χ4v) is 2.20. The second-order valence-electron chi connectivity index (χ2n) is 4.72. The van der Waals surface area contributed by atoms with Gasteiger partial charge in [0, 0.05) is 12.6 Å². The molecule has 0 radical (unpaired) electrons. The first-order valence-electron chi connectivity index (χ1n) is 6.26. The van der Waals surface area contributed by atoms with Gasteiger partial charge in [-0.3, -0.25) is 0 Å². The molecular formula is C13H16N4O. The van der Waals surface area contributed by atoms with Crippen LogP contribution in [0.2, 0.25) is 0 Å². The number of nitrogens with one attached hydrogen (secondary N) is 1. The average Bonchev–Trinajstić information content (AvgIpc) is 2.41. The van der Waals surface area contributed by atoms with Crippen LogP contribution >= 0.6 is 0 Å². The molecule has 1 saturated heterocycles. The van der Waals surface area contributed by atoms with E-state index in [0.29, 0.717) is 17.9 Å². The van der Waals surface area contributed by atoms with Crippen molar-refractivity contribution in [1.82, 2.24) is 15.2 Å². The van der Waals surface area contributed by atoms with E-state index in [-0.39, 0.29) is 0 Å². The topological polar surface area (TPSA) is 59.9 Å². The smallest absolute Gasteiger partial charge is 0.243 e. The van der Waals surface area contributed by atoms with Gasteiger partial charge >= 0.3 is 0 Å². The van der Waals surface area contributed by atoms with Gasteiger partial charge in [0.2, 0.25) is 5.95 Å². The molecule has 1 aliphatic rings. The lowest BCUT2D eigenvalue weighted by Crippen LogP contribution is -2.36.